The van der Waals surface area contributed by atoms with Crippen LogP contribution >= 0.6 is 0 Å². The Morgan fingerprint density at radius 2 is 1.90 bits per heavy atom. The second kappa shape index (κ2) is 10.1. The van der Waals surface area contributed by atoms with E-state index in [1.807, 2.05) is 39.0 Å². The lowest BCUT2D eigenvalue weighted by atomic mass is 10.0. The van der Waals surface area contributed by atoms with Crippen LogP contribution in [0.4, 0.5) is 5.69 Å². The number of carbonyl (C=O) groups excluding carboxylic acids is 2. The third-order valence-corrected chi connectivity index (χ3v) is 3.90. The molecule has 0 fully saturated rings. The molecule has 29 heavy (non-hydrogen) atoms. The number of benzene rings is 2. The molecule has 152 valence electrons. The molecule has 0 spiro atoms. The second-order valence-electron chi connectivity index (χ2n) is 6.68. The van der Waals surface area contributed by atoms with E-state index in [0.717, 1.165) is 11.1 Å². The fourth-order valence-electron chi connectivity index (χ4n) is 2.53. The molecule has 0 atom stereocenters. The molecule has 0 unspecified atom stereocenters. The molecule has 2 aromatic rings. The summed E-state index contributed by atoms with van der Waals surface area (Å²) in [5, 5.41) is 6.66. The fourth-order valence-corrected chi connectivity index (χ4v) is 2.53. The predicted octanol–water partition coefficient (Wildman–Crippen LogP) is 3.97. The zero-order chi connectivity index (χ0) is 21.4. The molecule has 8 nitrogen and oxygen atoms in total. The summed E-state index contributed by atoms with van der Waals surface area (Å²) in [6, 6.07) is 10.1. The maximum absolute atomic E-state index is 12.1. The van der Waals surface area contributed by atoms with Gasteiger partial charge in [0.2, 0.25) is 0 Å². The highest BCUT2D eigenvalue weighted by Crippen LogP contribution is 2.27. The van der Waals surface area contributed by atoms with Crippen LogP contribution in [-0.4, -0.2) is 24.7 Å². The number of ether oxygens (including phenoxy) is 2. The highest BCUT2D eigenvalue weighted by atomic mass is 16.5. The topological polar surface area (TPSA) is 106 Å². The zero-order valence-corrected chi connectivity index (χ0v) is 16.8. The Kier molecular flexibility index (Phi) is 7.59. The van der Waals surface area contributed by atoms with Gasteiger partial charge in [0.05, 0.1) is 6.21 Å². The van der Waals surface area contributed by atoms with E-state index in [4.69, 9.17) is 9.47 Å². The SMILES string of the molecule is CC(=O)Oc1ccc(N=O)cc1/C=N/NC(=O)COc1cc(C)ccc1C(C)C. The van der Waals surface area contributed by atoms with Gasteiger partial charge in [-0.3, -0.25) is 9.59 Å². The monoisotopic (exact) mass is 397 g/mol. The van der Waals surface area contributed by atoms with Crippen LogP contribution in [0, 0.1) is 11.8 Å². The van der Waals surface area contributed by atoms with Crippen molar-refractivity contribution in [3.8, 4) is 11.5 Å². The average molecular weight is 397 g/mol. The first-order chi connectivity index (χ1) is 13.8. The minimum absolute atomic E-state index is 0.137. The molecular formula is C21H23N3O5. The fraction of sp³-hybridized carbons (Fsp3) is 0.286. The number of hydrazone groups is 1. The Morgan fingerprint density at radius 1 is 1.14 bits per heavy atom. The number of aryl methyl sites for hydroxylation is 1. The van der Waals surface area contributed by atoms with Crippen molar-refractivity contribution in [1.82, 2.24) is 5.43 Å². The van der Waals surface area contributed by atoms with E-state index in [9.17, 15) is 14.5 Å². The summed E-state index contributed by atoms with van der Waals surface area (Å²) >= 11 is 0. The van der Waals surface area contributed by atoms with Crippen LogP contribution in [0.2, 0.25) is 0 Å². The molecule has 2 rings (SSSR count). The number of esters is 1. The Labute approximate surface area is 168 Å². The summed E-state index contributed by atoms with van der Waals surface area (Å²) in [7, 11) is 0. The van der Waals surface area contributed by atoms with E-state index in [2.05, 4.69) is 15.7 Å². The molecule has 2 aromatic carbocycles. The van der Waals surface area contributed by atoms with Gasteiger partial charge in [0, 0.05) is 12.5 Å². The third kappa shape index (κ3) is 6.53. The molecular weight excluding hydrogens is 374 g/mol. The lowest BCUT2D eigenvalue weighted by Gasteiger charge is -2.14. The van der Waals surface area contributed by atoms with Gasteiger partial charge < -0.3 is 9.47 Å². The molecule has 0 saturated heterocycles. The number of nitroso groups, excluding NO2 is 1. The lowest BCUT2D eigenvalue weighted by molar-refractivity contribution is -0.132. The van der Waals surface area contributed by atoms with Gasteiger partial charge in [-0.1, -0.05) is 26.0 Å². The van der Waals surface area contributed by atoms with Crippen molar-refractivity contribution in [3.63, 3.8) is 0 Å². The number of rotatable bonds is 8. The average Bonchev–Trinajstić information content (AvgIpc) is 2.67. The van der Waals surface area contributed by atoms with Gasteiger partial charge in [0.15, 0.2) is 6.61 Å². The van der Waals surface area contributed by atoms with Gasteiger partial charge in [-0.05, 0) is 53.4 Å². The molecule has 8 heteroatoms. The largest absolute Gasteiger partial charge is 0.483 e. The van der Waals surface area contributed by atoms with Gasteiger partial charge in [0.1, 0.15) is 17.2 Å². The molecule has 0 aliphatic heterocycles. The molecule has 0 saturated carbocycles. The summed E-state index contributed by atoms with van der Waals surface area (Å²) < 4.78 is 10.7. The van der Waals surface area contributed by atoms with E-state index in [1.165, 1.54) is 31.3 Å². The Bertz CT molecular complexity index is 938. The first kappa shape index (κ1) is 21.7. The highest BCUT2D eigenvalue weighted by Gasteiger charge is 2.10. The first-order valence-electron chi connectivity index (χ1n) is 9.01. The van der Waals surface area contributed by atoms with E-state index < -0.39 is 11.9 Å². The van der Waals surface area contributed by atoms with E-state index >= 15 is 0 Å². The maximum Gasteiger partial charge on any atom is 0.308 e. The molecule has 0 aromatic heterocycles. The Balaban J connectivity index is 2.03. The molecule has 0 aliphatic carbocycles. The zero-order valence-electron chi connectivity index (χ0n) is 16.8. The summed E-state index contributed by atoms with van der Waals surface area (Å²) in [6.45, 7) is 7.08. The number of nitrogens with zero attached hydrogens (tertiary/aromatic N) is 2. The van der Waals surface area contributed by atoms with Crippen LogP contribution in [0.3, 0.4) is 0 Å². The number of carbonyl (C=O) groups is 2. The van der Waals surface area contributed by atoms with Crippen LogP contribution in [0.15, 0.2) is 46.7 Å². The molecule has 0 aliphatic rings. The van der Waals surface area contributed by atoms with Crippen molar-refractivity contribution >= 4 is 23.8 Å². The summed E-state index contributed by atoms with van der Waals surface area (Å²) in [6.07, 6.45) is 1.26. The van der Waals surface area contributed by atoms with Gasteiger partial charge in [0.25, 0.3) is 5.91 Å². The van der Waals surface area contributed by atoms with Gasteiger partial charge >= 0.3 is 5.97 Å². The van der Waals surface area contributed by atoms with Gasteiger partial charge in [-0.15, -0.1) is 4.91 Å². The minimum Gasteiger partial charge on any atom is -0.483 e. The van der Waals surface area contributed by atoms with E-state index in [1.54, 1.807) is 0 Å². The molecule has 1 amide bonds. The van der Waals surface area contributed by atoms with Crippen molar-refractivity contribution in [1.29, 1.82) is 0 Å². The van der Waals surface area contributed by atoms with Gasteiger partial charge in [-0.25, -0.2) is 5.43 Å². The van der Waals surface area contributed by atoms with Crippen LogP contribution < -0.4 is 14.9 Å². The molecule has 1 N–H and O–H groups in total. The summed E-state index contributed by atoms with van der Waals surface area (Å²) in [5.74, 6) is 0.116. The molecule has 0 heterocycles. The van der Waals surface area contributed by atoms with Crippen molar-refractivity contribution in [3.05, 3.63) is 58.0 Å². The van der Waals surface area contributed by atoms with Crippen LogP contribution in [0.25, 0.3) is 0 Å². The van der Waals surface area contributed by atoms with Crippen molar-refractivity contribution < 1.29 is 19.1 Å². The number of amides is 1. The highest BCUT2D eigenvalue weighted by molar-refractivity contribution is 5.88. The molecule has 0 bridgehead atoms. The van der Waals surface area contributed by atoms with Crippen molar-refractivity contribution in [2.75, 3.05) is 6.61 Å². The third-order valence-electron chi connectivity index (χ3n) is 3.90. The van der Waals surface area contributed by atoms with Gasteiger partial charge in [-0.2, -0.15) is 5.10 Å². The summed E-state index contributed by atoms with van der Waals surface area (Å²) in [4.78, 5) is 33.9. The van der Waals surface area contributed by atoms with Crippen molar-refractivity contribution in [2.45, 2.75) is 33.6 Å². The standard InChI is InChI=1S/C21H23N3O5/c1-13(2)18-7-5-14(3)9-20(18)28-12-21(26)23-22-11-16-10-17(24-27)6-8-19(16)29-15(4)25/h5-11,13H,12H2,1-4H3,(H,23,26)/b22-11+. The number of hydrogen-bond acceptors (Lipinski definition) is 7. The number of hydrogen-bond donors (Lipinski definition) is 1. The lowest BCUT2D eigenvalue weighted by Crippen LogP contribution is -2.25. The number of nitrogens with one attached hydrogen (secondary N) is 1. The second-order valence-corrected chi connectivity index (χ2v) is 6.68. The first-order valence-corrected chi connectivity index (χ1v) is 9.01. The summed E-state index contributed by atoms with van der Waals surface area (Å²) in [5.41, 5.74) is 4.84. The van der Waals surface area contributed by atoms with Crippen LogP contribution in [0.1, 0.15) is 43.4 Å². The minimum atomic E-state index is -0.525. The predicted molar refractivity (Wildman–Crippen MR) is 110 cm³/mol. The quantitative estimate of drug-likeness (QED) is 0.238. The smallest absolute Gasteiger partial charge is 0.308 e. The van der Waals surface area contributed by atoms with Crippen LogP contribution in [-0.2, 0) is 9.59 Å². The maximum atomic E-state index is 12.1. The molecule has 0 radical (unpaired) electrons. The van der Waals surface area contributed by atoms with Crippen LogP contribution in [0.5, 0.6) is 11.5 Å². The Morgan fingerprint density at radius 3 is 2.55 bits per heavy atom. The van der Waals surface area contributed by atoms with Crippen molar-refractivity contribution in [2.24, 2.45) is 10.3 Å². The Hall–Kier alpha value is -3.55. The van der Waals surface area contributed by atoms with E-state index in [0.29, 0.717) is 11.3 Å². The van der Waals surface area contributed by atoms with E-state index in [-0.39, 0.29) is 24.0 Å². The normalized spacial score (nSPS) is 10.8.